The topological polar surface area (TPSA) is 50.3 Å². The first-order chi connectivity index (χ1) is 9.24. The first-order valence-corrected chi connectivity index (χ1v) is 7.20. The molecule has 0 amide bonds. The second-order valence-electron chi connectivity index (χ2n) is 4.83. The molecule has 0 spiro atoms. The molecule has 2 rings (SSSR count). The van der Waals surface area contributed by atoms with Crippen molar-refractivity contribution in [3.63, 3.8) is 0 Å². The van der Waals surface area contributed by atoms with Gasteiger partial charge < -0.3 is 15.0 Å². The summed E-state index contributed by atoms with van der Waals surface area (Å²) >= 11 is 0. The molecule has 2 heterocycles. The number of anilines is 1. The Kier molecular flexibility index (Phi) is 4.96. The average Bonchev–Trinajstić information content (AvgIpc) is 2.40. The lowest BCUT2D eigenvalue weighted by molar-refractivity contribution is 0.325. The molecule has 0 aliphatic carbocycles. The maximum absolute atomic E-state index is 5.52. The predicted octanol–water partition coefficient (Wildman–Crippen LogP) is 1.76. The van der Waals surface area contributed by atoms with Gasteiger partial charge in [-0.05, 0) is 40.2 Å². The lowest BCUT2D eigenvalue weighted by Crippen LogP contribution is -2.46. The maximum Gasteiger partial charge on any atom is 0.218 e. The first-order valence-electron chi connectivity index (χ1n) is 7.20. The van der Waals surface area contributed by atoms with Crippen LogP contribution in [0.3, 0.4) is 0 Å². The molecule has 5 heteroatoms. The number of hydrogen-bond donors (Lipinski definition) is 1. The zero-order chi connectivity index (χ0) is 13.7. The molecule has 106 valence electrons. The van der Waals surface area contributed by atoms with Gasteiger partial charge in [-0.1, -0.05) is 0 Å². The molecule has 1 aliphatic heterocycles. The summed E-state index contributed by atoms with van der Waals surface area (Å²) in [5, 5.41) is 3.46. The summed E-state index contributed by atoms with van der Waals surface area (Å²) in [4.78, 5) is 11.2. The normalized spacial score (nSPS) is 19.2. The molecule has 1 fully saturated rings. The number of rotatable bonds is 5. The molecule has 1 aromatic heterocycles. The van der Waals surface area contributed by atoms with Crippen molar-refractivity contribution in [2.75, 3.05) is 31.1 Å². The van der Waals surface area contributed by atoms with Crippen molar-refractivity contribution in [3.8, 4) is 5.88 Å². The maximum atomic E-state index is 5.52. The highest BCUT2D eigenvalue weighted by atomic mass is 16.5. The van der Waals surface area contributed by atoms with Gasteiger partial charge in [-0.2, -0.15) is 4.98 Å². The molecule has 0 aromatic carbocycles. The van der Waals surface area contributed by atoms with Gasteiger partial charge in [-0.3, -0.25) is 0 Å². The van der Waals surface area contributed by atoms with Gasteiger partial charge in [0.1, 0.15) is 11.6 Å². The Labute approximate surface area is 115 Å². The molecule has 1 N–H and O–H groups in total. The van der Waals surface area contributed by atoms with Crippen molar-refractivity contribution < 1.29 is 4.74 Å². The van der Waals surface area contributed by atoms with E-state index in [-0.39, 0.29) is 0 Å². The van der Waals surface area contributed by atoms with E-state index in [9.17, 15) is 0 Å². The standard InChI is InChI=1S/C14H24N4O/c1-4-18(12-7-6-8-15-10-12)13-9-14(19-5-2)17-11(3)16-13/h9,12,15H,4-8,10H2,1-3H3. The van der Waals surface area contributed by atoms with Crippen molar-refractivity contribution in [1.29, 1.82) is 0 Å². The fourth-order valence-corrected chi connectivity index (χ4v) is 2.60. The average molecular weight is 264 g/mol. The minimum Gasteiger partial charge on any atom is -0.478 e. The Morgan fingerprint density at radius 2 is 2.26 bits per heavy atom. The van der Waals surface area contributed by atoms with Crippen LogP contribution in [0.2, 0.25) is 0 Å². The van der Waals surface area contributed by atoms with Crippen LogP contribution in [0, 0.1) is 6.92 Å². The van der Waals surface area contributed by atoms with Gasteiger partial charge in [0.05, 0.1) is 6.61 Å². The summed E-state index contributed by atoms with van der Waals surface area (Å²) in [6, 6.07) is 2.47. The number of aryl methyl sites for hydroxylation is 1. The molecule has 1 atom stereocenters. The van der Waals surface area contributed by atoms with Crippen molar-refractivity contribution in [3.05, 3.63) is 11.9 Å². The Morgan fingerprint density at radius 3 is 2.89 bits per heavy atom. The summed E-state index contributed by atoms with van der Waals surface area (Å²) in [5.41, 5.74) is 0. The van der Waals surface area contributed by atoms with E-state index in [1.165, 1.54) is 12.8 Å². The van der Waals surface area contributed by atoms with Crippen LogP contribution in [-0.4, -0.2) is 42.3 Å². The van der Waals surface area contributed by atoms with Crippen LogP contribution in [0.5, 0.6) is 5.88 Å². The van der Waals surface area contributed by atoms with Gasteiger partial charge in [-0.25, -0.2) is 4.98 Å². The van der Waals surface area contributed by atoms with E-state index in [2.05, 4.69) is 27.1 Å². The highest BCUT2D eigenvalue weighted by molar-refractivity contribution is 5.43. The summed E-state index contributed by atoms with van der Waals surface area (Å²) in [5.74, 6) is 2.42. The molecule has 0 bridgehead atoms. The smallest absolute Gasteiger partial charge is 0.218 e. The number of aromatic nitrogens is 2. The summed E-state index contributed by atoms with van der Waals surface area (Å²) in [6.45, 7) is 9.80. The van der Waals surface area contributed by atoms with Gasteiger partial charge in [0.2, 0.25) is 5.88 Å². The molecule has 5 nitrogen and oxygen atoms in total. The summed E-state index contributed by atoms with van der Waals surface area (Å²) in [7, 11) is 0. The molecule has 1 aromatic rings. The van der Waals surface area contributed by atoms with Gasteiger partial charge >= 0.3 is 0 Å². The Bertz CT molecular complexity index is 404. The van der Waals surface area contributed by atoms with Crippen LogP contribution in [-0.2, 0) is 0 Å². The monoisotopic (exact) mass is 264 g/mol. The number of likely N-dealkylation sites (N-methyl/N-ethyl adjacent to an activating group) is 1. The van der Waals surface area contributed by atoms with E-state index in [4.69, 9.17) is 4.74 Å². The van der Waals surface area contributed by atoms with Crippen molar-refractivity contribution >= 4 is 5.82 Å². The van der Waals surface area contributed by atoms with Crippen molar-refractivity contribution in [2.24, 2.45) is 0 Å². The Balaban J connectivity index is 2.21. The van der Waals surface area contributed by atoms with E-state index in [0.29, 0.717) is 18.5 Å². The lowest BCUT2D eigenvalue weighted by Gasteiger charge is -2.35. The number of nitrogens with zero attached hydrogens (tertiary/aromatic N) is 3. The van der Waals surface area contributed by atoms with Crippen LogP contribution < -0.4 is 15.0 Å². The minimum atomic E-state index is 0.516. The van der Waals surface area contributed by atoms with Gasteiger partial charge in [-0.15, -0.1) is 0 Å². The summed E-state index contributed by atoms with van der Waals surface area (Å²) < 4.78 is 5.52. The highest BCUT2D eigenvalue weighted by Crippen LogP contribution is 2.22. The van der Waals surface area contributed by atoms with Crippen LogP contribution in [0.25, 0.3) is 0 Å². The van der Waals surface area contributed by atoms with E-state index >= 15 is 0 Å². The molecular weight excluding hydrogens is 240 g/mol. The van der Waals surface area contributed by atoms with Gasteiger partial charge in [0.25, 0.3) is 0 Å². The molecule has 1 aliphatic rings. The van der Waals surface area contributed by atoms with Crippen LogP contribution in [0.15, 0.2) is 6.07 Å². The number of piperidine rings is 1. The van der Waals surface area contributed by atoms with E-state index < -0.39 is 0 Å². The van der Waals surface area contributed by atoms with E-state index in [0.717, 1.165) is 31.3 Å². The predicted molar refractivity (Wildman–Crippen MR) is 76.8 cm³/mol. The molecule has 19 heavy (non-hydrogen) atoms. The molecule has 0 saturated carbocycles. The van der Waals surface area contributed by atoms with Crippen LogP contribution in [0.4, 0.5) is 5.82 Å². The number of ether oxygens (including phenoxy) is 1. The second-order valence-corrected chi connectivity index (χ2v) is 4.83. The van der Waals surface area contributed by atoms with Crippen molar-refractivity contribution in [2.45, 2.75) is 39.7 Å². The number of nitrogens with one attached hydrogen (secondary N) is 1. The Hall–Kier alpha value is -1.36. The molecule has 1 unspecified atom stereocenters. The lowest BCUT2D eigenvalue weighted by atomic mass is 10.1. The van der Waals surface area contributed by atoms with Crippen molar-refractivity contribution in [1.82, 2.24) is 15.3 Å². The zero-order valence-corrected chi connectivity index (χ0v) is 12.1. The van der Waals surface area contributed by atoms with Crippen LogP contribution >= 0.6 is 0 Å². The van der Waals surface area contributed by atoms with E-state index in [1.54, 1.807) is 0 Å². The molecule has 1 saturated heterocycles. The second kappa shape index (κ2) is 6.70. The third kappa shape index (κ3) is 3.56. The fraction of sp³-hybridized carbons (Fsp3) is 0.714. The minimum absolute atomic E-state index is 0.516. The Morgan fingerprint density at radius 1 is 1.42 bits per heavy atom. The highest BCUT2D eigenvalue weighted by Gasteiger charge is 2.21. The van der Waals surface area contributed by atoms with Gasteiger partial charge in [0, 0.05) is 25.2 Å². The van der Waals surface area contributed by atoms with Gasteiger partial charge in [0.15, 0.2) is 0 Å². The zero-order valence-electron chi connectivity index (χ0n) is 12.1. The third-order valence-electron chi connectivity index (χ3n) is 3.44. The fourth-order valence-electron chi connectivity index (χ4n) is 2.60. The SMILES string of the molecule is CCOc1cc(N(CC)C2CCCNC2)nc(C)n1. The number of hydrogen-bond acceptors (Lipinski definition) is 5. The third-order valence-corrected chi connectivity index (χ3v) is 3.44. The first kappa shape index (κ1) is 14.1. The van der Waals surface area contributed by atoms with E-state index in [1.807, 2.05) is 19.9 Å². The largest absolute Gasteiger partial charge is 0.478 e. The molecular formula is C14H24N4O. The van der Waals surface area contributed by atoms with Crippen LogP contribution in [0.1, 0.15) is 32.5 Å². The quantitative estimate of drug-likeness (QED) is 0.878. The molecule has 0 radical (unpaired) electrons. The summed E-state index contributed by atoms with van der Waals surface area (Å²) in [6.07, 6.45) is 2.44.